The number of hydrogen-bond donors (Lipinski definition) is 0. The van der Waals surface area contributed by atoms with Gasteiger partial charge in [0.05, 0.1) is 18.0 Å². The van der Waals surface area contributed by atoms with Gasteiger partial charge >= 0.3 is 0 Å². The Hall–Kier alpha value is -3.19. The number of hydrogen-bond acceptors (Lipinski definition) is 2. The molecule has 0 bridgehead atoms. The van der Waals surface area contributed by atoms with Crippen molar-refractivity contribution in [3.05, 3.63) is 89.3 Å². The molecule has 0 N–H and O–H groups in total. The Kier molecular flexibility index (Phi) is 4.30. The minimum Gasteiger partial charge on any atom is -0.333 e. The number of halogens is 1. The number of rotatable bonds is 4. The molecule has 0 fully saturated rings. The molecule has 3 aromatic rings. The van der Waals surface area contributed by atoms with Crippen LogP contribution in [0.1, 0.15) is 22.3 Å². The maximum absolute atomic E-state index is 12.9. The third-order valence-electron chi connectivity index (χ3n) is 3.51. The van der Waals surface area contributed by atoms with Gasteiger partial charge in [-0.3, -0.25) is 0 Å². The lowest BCUT2D eigenvalue weighted by Gasteiger charge is -2.08. The van der Waals surface area contributed by atoms with E-state index in [-0.39, 0.29) is 5.82 Å². The summed E-state index contributed by atoms with van der Waals surface area (Å²) in [4.78, 5) is 4.04. The second-order valence-corrected chi connectivity index (χ2v) is 5.15. The Balaban J connectivity index is 1.91. The van der Waals surface area contributed by atoms with Crippen molar-refractivity contribution >= 4 is 12.2 Å². The van der Waals surface area contributed by atoms with Gasteiger partial charge in [-0.15, -0.1) is 0 Å². The summed E-state index contributed by atoms with van der Waals surface area (Å²) < 4.78 is 14.9. The van der Waals surface area contributed by atoms with E-state index >= 15 is 0 Å². The molecule has 0 aliphatic carbocycles. The van der Waals surface area contributed by atoms with Crippen molar-refractivity contribution in [2.24, 2.45) is 0 Å². The smallest absolute Gasteiger partial charge is 0.123 e. The molecule has 1 heterocycles. The lowest BCUT2D eigenvalue weighted by molar-refractivity contribution is 0.628. The molecule has 3 rings (SSSR count). The fourth-order valence-corrected chi connectivity index (χ4v) is 2.31. The molecular weight excluding hydrogens is 289 g/mol. The van der Waals surface area contributed by atoms with Crippen LogP contribution in [0.3, 0.4) is 0 Å². The van der Waals surface area contributed by atoms with Crippen molar-refractivity contribution in [2.75, 3.05) is 0 Å². The quantitative estimate of drug-likeness (QED) is 0.681. The average Bonchev–Trinajstić information content (AvgIpc) is 3.08. The SMILES string of the molecule is N#Cc1ccc(/C=C\c2ccc(F)cc2)c(Cn2ccnc2)c1. The summed E-state index contributed by atoms with van der Waals surface area (Å²) in [5.74, 6) is -0.249. The molecule has 1 aromatic heterocycles. The van der Waals surface area contributed by atoms with Gasteiger partial charge in [0.1, 0.15) is 5.82 Å². The van der Waals surface area contributed by atoms with Gasteiger partial charge in [0.25, 0.3) is 0 Å². The van der Waals surface area contributed by atoms with Gasteiger partial charge in [0.2, 0.25) is 0 Å². The monoisotopic (exact) mass is 303 g/mol. The Morgan fingerprint density at radius 2 is 1.96 bits per heavy atom. The number of nitrogens with zero attached hydrogens (tertiary/aromatic N) is 3. The summed E-state index contributed by atoms with van der Waals surface area (Å²) in [5, 5.41) is 9.09. The third kappa shape index (κ3) is 3.72. The number of benzene rings is 2. The molecule has 0 atom stereocenters. The van der Waals surface area contributed by atoms with Crippen LogP contribution in [0.15, 0.2) is 61.2 Å². The fraction of sp³-hybridized carbons (Fsp3) is 0.0526. The molecule has 3 nitrogen and oxygen atoms in total. The largest absolute Gasteiger partial charge is 0.333 e. The summed E-state index contributed by atoms with van der Waals surface area (Å²) in [6.45, 7) is 0.638. The van der Waals surface area contributed by atoms with Gasteiger partial charge in [-0.05, 0) is 41.0 Å². The lowest BCUT2D eigenvalue weighted by atomic mass is 10.0. The first-order chi connectivity index (χ1) is 11.2. The van der Waals surface area contributed by atoms with E-state index in [2.05, 4.69) is 11.1 Å². The van der Waals surface area contributed by atoms with E-state index in [4.69, 9.17) is 5.26 Å². The van der Waals surface area contributed by atoms with E-state index in [1.807, 2.05) is 35.0 Å². The second kappa shape index (κ2) is 6.71. The summed E-state index contributed by atoms with van der Waals surface area (Å²) in [5.41, 5.74) is 3.59. The van der Waals surface area contributed by atoms with Crippen molar-refractivity contribution in [2.45, 2.75) is 6.54 Å². The Morgan fingerprint density at radius 3 is 2.65 bits per heavy atom. The Bertz CT molecular complexity index is 857. The van der Waals surface area contributed by atoms with Gasteiger partial charge in [-0.2, -0.15) is 5.26 Å². The molecule has 0 unspecified atom stereocenters. The highest BCUT2D eigenvalue weighted by Crippen LogP contribution is 2.17. The highest BCUT2D eigenvalue weighted by atomic mass is 19.1. The summed E-state index contributed by atoms with van der Waals surface area (Å²) in [6.07, 6.45) is 9.25. The predicted molar refractivity (Wildman–Crippen MR) is 87.8 cm³/mol. The maximum Gasteiger partial charge on any atom is 0.123 e. The van der Waals surface area contributed by atoms with Crippen LogP contribution >= 0.6 is 0 Å². The molecule has 0 aliphatic heterocycles. The summed E-state index contributed by atoms with van der Waals surface area (Å²) in [7, 11) is 0. The van der Waals surface area contributed by atoms with Crippen molar-refractivity contribution in [1.82, 2.24) is 9.55 Å². The first kappa shape index (κ1) is 14.7. The van der Waals surface area contributed by atoms with E-state index in [0.29, 0.717) is 12.1 Å². The second-order valence-electron chi connectivity index (χ2n) is 5.15. The fourth-order valence-electron chi connectivity index (χ4n) is 2.31. The van der Waals surface area contributed by atoms with Crippen molar-refractivity contribution in [3.8, 4) is 6.07 Å². The summed E-state index contributed by atoms with van der Waals surface area (Å²) >= 11 is 0. The van der Waals surface area contributed by atoms with Gasteiger partial charge in [0.15, 0.2) is 0 Å². The molecule has 0 saturated carbocycles. The van der Waals surface area contributed by atoms with Crippen molar-refractivity contribution in [3.63, 3.8) is 0 Å². The van der Waals surface area contributed by atoms with Crippen LogP contribution < -0.4 is 0 Å². The van der Waals surface area contributed by atoms with E-state index in [1.54, 1.807) is 30.7 Å². The first-order valence-electron chi connectivity index (χ1n) is 7.17. The number of nitriles is 1. The minimum atomic E-state index is -0.249. The van der Waals surface area contributed by atoms with Gasteiger partial charge in [0, 0.05) is 18.9 Å². The molecule has 2 aromatic carbocycles. The zero-order chi connectivity index (χ0) is 16.1. The van der Waals surface area contributed by atoms with E-state index in [1.165, 1.54) is 12.1 Å². The van der Waals surface area contributed by atoms with Crippen LogP contribution in [0.5, 0.6) is 0 Å². The van der Waals surface area contributed by atoms with E-state index in [9.17, 15) is 4.39 Å². The van der Waals surface area contributed by atoms with Crippen LogP contribution in [0.2, 0.25) is 0 Å². The zero-order valence-corrected chi connectivity index (χ0v) is 12.4. The third-order valence-corrected chi connectivity index (χ3v) is 3.51. The number of aromatic nitrogens is 2. The highest BCUT2D eigenvalue weighted by Gasteiger charge is 2.03. The van der Waals surface area contributed by atoms with E-state index < -0.39 is 0 Å². The van der Waals surface area contributed by atoms with Crippen LogP contribution in [-0.2, 0) is 6.54 Å². The predicted octanol–water partition coefficient (Wildman–Crippen LogP) is 4.11. The molecule has 0 radical (unpaired) electrons. The van der Waals surface area contributed by atoms with Crippen molar-refractivity contribution in [1.29, 1.82) is 5.26 Å². The normalized spacial score (nSPS) is 10.8. The molecule has 0 aliphatic rings. The summed E-state index contributed by atoms with van der Waals surface area (Å²) in [6, 6.07) is 14.1. The molecule has 4 heteroatoms. The lowest BCUT2D eigenvalue weighted by Crippen LogP contribution is -1.99. The van der Waals surface area contributed by atoms with Crippen molar-refractivity contribution < 1.29 is 4.39 Å². The van der Waals surface area contributed by atoms with Crippen LogP contribution in [-0.4, -0.2) is 9.55 Å². The molecular formula is C19H14FN3. The Morgan fingerprint density at radius 1 is 1.13 bits per heavy atom. The average molecular weight is 303 g/mol. The van der Waals surface area contributed by atoms with Gasteiger partial charge in [-0.25, -0.2) is 9.37 Å². The van der Waals surface area contributed by atoms with Crippen LogP contribution in [0.25, 0.3) is 12.2 Å². The minimum absolute atomic E-state index is 0.249. The zero-order valence-electron chi connectivity index (χ0n) is 12.4. The number of imidazole rings is 1. The molecule has 112 valence electrons. The van der Waals surface area contributed by atoms with Gasteiger partial charge in [-0.1, -0.05) is 30.4 Å². The molecule has 0 amide bonds. The van der Waals surface area contributed by atoms with Crippen LogP contribution in [0, 0.1) is 17.1 Å². The topological polar surface area (TPSA) is 41.6 Å². The highest BCUT2D eigenvalue weighted by molar-refractivity contribution is 5.71. The molecule has 0 saturated heterocycles. The first-order valence-corrected chi connectivity index (χ1v) is 7.17. The molecule has 23 heavy (non-hydrogen) atoms. The van der Waals surface area contributed by atoms with E-state index in [0.717, 1.165) is 16.7 Å². The standard InChI is InChI=1S/C19H14FN3/c20-19-7-3-15(4-8-19)1-5-17-6-2-16(12-21)11-18(17)13-23-10-9-22-14-23/h1-11,14H,13H2/b5-1-. The van der Waals surface area contributed by atoms with Crippen LogP contribution in [0.4, 0.5) is 4.39 Å². The molecule has 0 spiro atoms. The maximum atomic E-state index is 12.9. The Labute approximate surface area is 134 Å². The van der Waals surface area contributed by atoms with Gasteiger partial charge < -0.3 is 4.57 Å².